The van der Waals surface area contributed by atoms with E-state index in [0.29, 0.717) is 29.9 Å². The van der Waals surface area contributed by atoms with Crippen molar-refractivity contribution < 1.29 is 31.1 Å². The first-order valence-electron chi connectivity index (χ1n) is 10.6. The van der Waals surface area contributed by atoms with Crippen LogP contribution in [0.1, 0.15) is 23.6 Å². The molecule has 188 valence electrons. The van der Waals surface area contributed by atoms with Crippen molar-refractivity contribution in [2.45, 2.75) is 23.5 Å². The molecular weight excluding hydrogens is 519 g/mol. The number of halogens is 4. The Kier molecular flexibility index (Phi) is 6.96. The third-order valence-electron chi connectivity index (χ3n) is 5.46. The third-order valence-corrected chi connectivity index (χ3v) is 7.56. The fourth-order valence-electron chi connectivity index (χ4n) is 3.74. The van der Waals surface area contributed by atoms with Gasteiger partial charge < -0.3 is 10.1 Å². The number of carbonyl (C=O) groups is 1. The van der Waals surface area contributed by atoms with Gasteiger partial charge in [0.25, 0.3) is 10.0 Å². The Bertz CT molecular complexity index is 1410. The quantitative estimate of drug-likeness (QED) is 0.420. The van der Waals surface area contributed by atoms with Crippen LogP contribution in [0.5, 0.6) is 11.6 Å². The molecule has 1 aromatic heterocycles. The van der Waals surface area contributed by atoms with E-state index in [1.54, 1.807) is 24.3 Å². The zero-order valence-corrected chi connectivity index (χ0v) is 20.1. The van der Waals surface area contributed by atoms with Crippen LogP contribution >= 0.6 is 11.6 Å². The molecular formula is C24H19ClF3N3O4S. The summed E-state index contributed by atoms with van der Waals surface area (Å²) in [6.45, 7) is 3.57. The number of nitrogens with one attached hydrogen (secondary N) is 1. The summed E-state index contributed by atoms with van der Waals surface area (Å²) >= 11 is 5.87. The van der Waals surface area contributed by atoms with Gasteiger partial charge in [-0.1, -0.05) is 36.4 Å². The average Bonchev–Trinajstić information content (AvgIpc) is 2.85. The number of rotatable bonds is 6. The molecule has 7 nitrogen and oxygen atoms in total. The lowest BCUT2D eigenvalue weighted by atomic mass is 9.98. The Morgan fingerprint density at radius 1 is 1.19 bits per heavy atom. The lowest BCUT2D eigenvalue weighted by Gasteiger charge is -2.35. The number of carbonyl (C=O) groups excluding carboxylic acids is 1. The molecule has 36 heavy (non-hydrogen) atoms. The van der Waals surface area contributed by atoms with E-state index in [1.807, 2.05) is 0 Å². The summed E-state index contributed by atoms with van der Waals surface area (Å²) in [5.41, 5.74) is 0.0825. The molecule has 0 fully saturated rings. The van der Waals surface area contributed by atoms with Crippen molar-refractivity contribution in [2.75, 3.05) is 10.8 Å². The average molecular weight is 538 g/mol. The second-order valence-corrected chi connectivity index (χ2v) is 10.0. The molecule has 4 rings (SSSR count). The van der Waals surface area contributed by atoms with Crippen LogP contribution in [0.15, 0.2) is 78.3 Å². The number of hydrogen-bond donors (Lipinski definition) is 1. The summed E-state index contributed by atoms with van der Waals surface area (Å²) in [4.78, 5) is 15.4. The SMILES string of the molecule is C=CC(=O)NC1CCN(S(=O)(=O)c2ccc(Oc3ncc(C(F)(F)F)cc3Cl)cc2)c2ccccc21. The predicted molar refractivity (Wildman–Crippen MR) is 127 cm³/mol. The molecule has 0 spiro atoms. The second-order valence-electron chi connectivity index (χ2n) is 7.77. The van der Waals surface area contributed by atoms with Gasteiger partial charge >= 0.3 is 6.18 Å². The number of alkyl halides is 3. The van der Waals surface area contributed by atoms with E-state index < -0.39 is 21.8 Å². The number of amides is 1. The van der Waals surface area contributed by atoms with Crippen molar-refractivity contribution in [2.24, 2.45) is 0 Å². The van der Waals surface area contributed by atoms with Gasteiger partial charge in [0.15, 0.2) is 0 Å². The van der Waals surface area contributed by atoms with Crippen LogP contribution in [-0.4, -0.2) is 25.9 Å². The smallest absolute Gasteiger partial charge is 0.417 e. The number of anilines is 1. The molecule has 0 saturated heterocycles. The first-order chi connectivity index (χ1) is 17.0. The van der Waals surface area contributed by atoms with E-state index in [1.165, 1.54) is 28.6 Å². The third kappa shape index (κ3) is 5.17. The van der Waals surface area contributed by atoms with Crippen molar-refractivity contribution in [3.05, 3.63) is 89.6 Å². The number of nitrogens with zero attached hydrogens (tertiary/aromatic N) is 2. The van der Waals surface area contributed by atoms with Crippen molar-refractivity contribution in [3.63, 3.8) is 0 Å². The minimum Gasteiger partial charge on any atom is -0.438 e. The van der Waals surface area contributed by atoms with E-state index in [2.05, 4.69) is 16.9 Å². The van der Waals surface area contributed by atoms with Crippen molar-refractivity contribution in [1.82, 2.24) is 10.3 Å². The summed E-state index contributed by atoms with van der Waals surface area (Å²) in [5, 5.41) is 2.47. The first-order valence-corrected chi connectivity index (χ1v) is 12.4. The molecule has 1 atom stereocenters. The highest BCUT2D eigenvalue weighted by Crippen LogP contribution is 2.38. The molecule has 2 aromatic carbocycles. The van der Waals surface area contributed by atoms with E-state index in [4.69, 9.17) is 16.3 Å². The normalized spacial score (nSPS) is 15.7. The predicted octanol–water partition coefficient (Wildman–Crippen LogP) is 5.49. The zero-order chi connectivity index (χ0) is 26.1. The largest absolute Gasteiger partial charge is 0.438 e. The Hall–Kier alpha value is -3.57. The number of pyridine rings is 1. The highest BCUT2D eigenvalue weighted by Gasteiger charge is 2.34. The van der Waals surface area contributed by atoms with E-state index in [0.717, 1.165) is 6.08 Å². The molecule has 12 heteroatoms. The molecule has 3 aromatic rings. The molecule has 0 bridgehead atoms. The topological polar surface area (TPSA) is 88.6 Å². The Labute approximate surface area is 210 Å². The maximum Gasteiger partial charge on any atom is 0.417 e. The molecule has 0 saturated carbocycles. The fourth-order valence-corrected chi connectivity index (χ4v) is 5.45. The number of sulfonamides is 1. The number of fused-ring (bicyclic) bond motifs is 1. The number of para-hydroxylation sites is 1. The summed E-state index contributed by atoms with van der Waals surface area (Å²) in [7, 11) is -3.97. The molecule has 0 aliphatic carbocycles. The van der Waals surface area contributed by atoms with Crippen LogP contribution in [0.2, 0.25) is 5.02 Å². The first kappa shape index (κ1) is 25.5. The Balaban J connectivity index is 1.56. The summed E-state index contributed by atoms with van der Waals surface area (Å²) in [6, 6.07) is 12.5. The van der Waals surface area contributed by atoms with Gasteiger partial charge in [0.1, 0.15) is 10.8 Å². The summed E-state index contributed by atoms with van der Waals surface area (Å²) < 4.78 is 72.0. The second kappa shape index (κ2) is 9.82. The zero-order valence-electron chi connectivity index (χ0n) is 18.5. The van der Waals surface area contributed by atoms with Gasteiger partial charge in [0, 0.05) is 12.7 Å². The number of hydrogen-bond acceptors (Lipinski definition) is 5. The van der Waals surface area contributed by atoms with E-state index in [9.17, 15) is 26.4 Å². The maximum atomic E-state index is 13.4. The van der Waals surface area contributed by atoms with Crippen molar-refractivity contribution in [1.29, 1.82) is 0 Å². The van der Waals surface area contributed by atoms with Gasteiger partial charge in [0.05, 0.1) is 22.2 Å². The lowest BCUT2D eigenvalue weighted by Crippen LogP contribution is -2.40. The molecule has 1 aliphatic rings. The molecule has 1 N–H and O–H groups in total. The van der Waals surface area contributed by atoms with E-state index in [-0.39, 0.29) is 40.0 Å². The Morgan fingerprint density at radius 3 is 2.53 bits per heavy atom. The van der Waals surface area contributed by atoms with Gasteiger partial charge in [0.2, 0.25) is 11.8 Å². The van der Waals surface area contributed by atoms with Gasteiger partial charge in [-0.15, -0.1) is 0 Å². The van der Waals surface area contributed by atoms with Crippen LogP contribution in [0.4, 0.5) is 18.9 Å². The molecule has 1 unspecified atom stereocenters. The van der Waals surface area contributed by atoms with Crippen LogP contribution in [0, 0.1) is 0 Å². The number of aromatic nitrogens is 1. The minimum atomic E-state index is -4.60. The molecule has 1 amide bonds. The molecule has 2 heterocycles. The molecule has 0 radical (unpaired) electrons. The lowest BCUT2D eigenvalue weighted by molar-refractivity contribution is -0.137. The summed E-state index contributed by atoms with van der Waals surface area (Å²) in [6.07, 6.45) is -2.49. The van der Waals surface area contributed by atoms with Gasteiger partial charge in [-0.25, -0.2) is 13.4 Å². The van der Waals surface area contributed by atoms with Gasteiger partial charge in [-0.05, 0) is 54.5 Å². The van der Waals surface area contributed by atoms with Gasteiger partial charge in [-0.2, -0.15) is 13.2 Å². The van der Waals surface area contributed by atoms with Crippen LogP contribution in [0.25, 0.3) is 0 Å². The van der Waals surface area contributed by atoms with Gasteiger partial charge in [-0.3, -0.25) is 9.10 Å². The van der Waals surface area contributed by atoms with Crippen molar-refractivity contribution in [3.8, 4) is 11.6 Å². The highest BCUT2D eigenvalue weighted by atomic mass is 35.5. The van der Waals surface area contributed by atoms with E-state index >= 15 is 0 Å². The number of benzene rings is 2. The van der Waals surface area contributed by atoms with Crippen LogP contribution in [0.3, 0.4) is 0 Å². The maximum absolute atomic E-state index is 13.4. The van der Waals surface area contributed by atoms with Crippen molar-refractivity contribution >= 4 is 33.2 Å². The highest BCUT2D eigenvalue weighted by molar-refractivity contribution is 7.92. The minimum absolute atomic E-state index is 0.0234. The monoisotopic (exact) mass is 537 g/mol. The summed E-state index contributed by atoms with van der Waals surface area (Å²) in [5.74, 6) is -0.475. The Morgan fingerprint density at radius 2 is 1.89 bits per heavy atom. The number of ether oxygens (including phenoxy) is 1. The standard InChI is InChI=1S/C24H19ClF3N3O4S/c1-2-22(32)30-20-11-12-31(21-6-4-3-5-18(20)21)36(33,34)17-9-7-16(8-10-17)35-23-19(25)13-15(14-29-23)24(26,27)28/h2-10,13-14,20H,1,11-12H2,(H,30,32). The van der Waals surface area contributed by atoms with Crippen LogP contribution in [-0.2, 0) is 21.0 Å². The fraction of sp³-hybridized carbons (Fsp3) is 0.167. The van der Waals surface area contributed by atoms with Crippen LogP contribution < -0.4 is 14.4 Å². The molecule has 1 aliphatic heterocycles.